The molecule has 1 heterocycles. The van der Waals surface area contributed by atoms with E-state index in [0.717, 1.165) is 20.7 Å². The molecule has 0 aliphatic rings. The molecule has 84 valence electrons. The van der Waals surface area contributed by atoms with Crippen molar-refractivity contribution in [2.75, 3.05) is 7.11 Å². The number of rotatable bonds is 3. The van der Waals surface area contributed by atoms with E-state index in [-0.39, 0.29) is 6.04 Å². The number of benzene rings is 1. The molecular weight excluding hydrogens is 286 g/mol. The van der Waals surface area contributed by atoms with E-state index in [4.69, 9.17) is 10.5 Å². The summed E-state index contributed by atoms with van der Waals surface area (Å²) in [4.78, 5) is 1.15. The van der Waals surface area contributed by atoms with Crippen molar-refractivity contribution in [2.45, 2.75) is 6.04 Å². The van der Waals surface area contributed by atoms with E-state index in [0.29, 0.717) is 0 Å². The Balaban J connectivity index is 2.39. The SMILES string of the molecule is COc1ccc(Br)c([C@H](N)c2cccs2)c1. The third kappa shape index (κ3) is 2.29. The van der Waals surface area contributed by atoms with E-state index < -0.39 is 0 Å². The molecule has 2 aromatic rings. The molecule has 1 aromatic carbocycles. The summed E-state index contributed by atoms with van der Waals surface area (Å²) < 4.78 is 6.21. The van der Waals surface area contributed by atoms with Crippen LogP contribution in [0.1, 0.15) is 16.5 Å². The van der Waals surface area contributed by atoms with Gasteiger partial charge in [-0.1, -0.05) is 22.0 Å². The molecule has 0 aliphatic carbocycles. The monoisotopic (exact) mass is 297 g/mol. The second kappa shape index (κ2) is 4.99. The highest BCUT2D eigenvalue weighted by molar-refractivity contribution is 9.10. The molecule has 0 bridgehead atoms. The van der Waals surface area contributed by atoms with Gasteiger partial charge in [-0.3, -0.25) is 0 Å². The Morgan fingerprint density at radius 1 is 1.38 bits per heavy atom. The van der Waals surface area contributed by atoms with Crippen LogP contribution in [0, 0.1) is 0 Å². The van der Waals surface area contributed by atoms with Crippen LogP contribution in [0.2, 0.25) is 0 Å². The Morgan fingerprint density at radius 2 is 2.19 bits per heavy atom. The number of thiophene rings is 1. The van der Waals surface area contributed by atoms with E-state index in [1.165, 1.54) is 0 Å². The normalized spacial score (nSPS) is 12.4. The predicted molar refractivity (Wildman–Crippen MR) is 71.0 cm³/mol. The average molecular weight is 298 g/mol. The lowest BCUT2D eigenvalue weighted by molar-refractivity contribution is 0.414. The number of methoxy groups -OCH3 is 1. The molecule has 0 unspecified atom stereocenters. The van der Waals surface area contributed by atoms with Crippen molar-refractivity contribution < 1.29 is 4.74 Å². The fourth-order valence-electron chi connectivity index (χ4n) is 1.51. The molecule has 0 saturated carbocycles. The summed E-state index contributed by atoms with van der Waals surface area (Å²) in [6, 6.07) is 9.78. The van der Waals surface area contributed by atoms with Crippen LogP contribution in [0.4, 0.5) is 0 Å². The predicted octanol–water partition coefficient (Wildman–Crippen LogP) is 3.57. The van der Waals surface area contributed by atoms with Crippen LogP contribution in [0.25, 0.3) is 0 Å². The topological polar surface area (TPSA) is 35.2 Å². The minimum atomic E-state index is -0.107. The van der Waals surface area contributed by atoms with E-state index in [1.807, 2.05) is 35.7 Å². The first-order chi connectivity index (χ1) is 7.72. The number of nitrogens with two attached hydrogens (primary N) is 1. The van der Waals surface area contributed by atoms with Gasteiger partial charge in [-0.2, -0.15) is 0 Å². The fraction of sp³-hybridized carbons (Fsp3) is 0.167. The van der Waals surface area contributed by atoms with Crippen LogP contribution < -0.4 is 10.5 Å². The van der Waals surface area contributed by atoms with Crippen molar-refractivity contribution in [1.82, 2.24) is 0 Å². The Hall–Kier alpha value is -0.840. The molecule has 2 N–H and O–H groups in total. The standard InChI is InChI=1S/C12H12BrNOS/c1-15-8-4-5-10(13)9(7-8)12(14)11-3-2-6-16-11/h2-7,12H,14H2,1H3/t12-/m0/s1. The van der Waals surface area contributed by atoms with Gasteiger partial charge in [0.1, 0.15) is 5.75 Å². The molecule has 0 aliphatic heterocycles. The smallest absolute Gasteiger partial charge is 0.119 e. The zero-order valence-corrected chi connectivity index (χ0v) is 11.2. The third-order valence-corrected chi connectivity index (χ3v) is 4.07. The summed E-state index contributed by atoms with van der Waals surface area (Å²) in [6.45, 7) is 0. The van der Waals surface area contributed by atoms with Gasteiger partial charge in [-0.15, -0.1) is 11.3 Å². The van der Waals surface area contributed by atoms with E-state index >= 15 is 0 Å². The number of hydrogen-bond donors (Lipinski definition) is 1. The van der Waals surface area contributed by atoms with Gasteiger partial charge in [-0.25, -0.2) is 0 Å². The van der Waals surface area contributed by atoms with Crippen molar-refractivity contribution >= 4 is 27.3 Å². The first kappa shape index (κ1) is 11.6. The minimum Gasteiger partial charge on any atom is -0.497 e. The van der Waals surface area contributed by atoms with E-state index in [2.05, 4.69) is 15.9 Å². The van der Waals surface area contributed by atoms with Crippen LogP contribution in [0.5, 0.6) is 5.75 Å². The maximum absolute atomic E-state index is 6.21. The Kier molecular flexibility index (Phi) is 3.63. The van der Waals surface area contributed by atoms with Crippen LogP contribution >= 0.6 is 27.3 Å². The molecule has 0 amide bonds. The van der Waals surface area contributed by atoms with Gasteiger partial charge in [-0.05, 0) is 35.2 Å². The van der Waals surface area contributed by atoms with Crippen molar-refractivity contribution in [3.8, 4) is 5.75 Å². The summed E-state index contributed by atoms with van der Waals surface area (Å²) in [5.41, 5.74) is 7.25. The van der Waals surface area contributed by atoms with Crippen molar-refractivity contribution in [1.29, 1.82) is 0 Å². The lowest BCUT2D eigenvalue weighted by Crippen LogP contribution is -2.11. The quantitative estimate of drug-likeness (QED) is 0.940. The van der Waals surface area contributed by atoms with Gasteiger partial charge in [0.25, 0.3) is 0 Å². The molecule has 16 heavy (non-hydrogen) atoms. The molecule has 2 rings (SSSR count). The van der Waals surface area contributed by atoms with Crippen molar-refractivity contribution in [2.24, 2.45) is 5.73 Å². The first-order valence-electron chi connectivity index (χ1n) is 4.85. The minimum absolute atomic E-state index is 0.107. The summed E-state index contributed by atoms with van der Waals surface area (Å²) in [5, 5.41) is 2.03. The Bertz CT molecular complexity index is 470. The average Bonchev–Trinajstić information content (AvgIpc) is 2.82. The van der Waals surface area contributed by atoms with Crippen molar-refractivity contribution in [3.05, 3.63) is 50.6 Å². The molecule has 1 atom stereocenters. The first-order valence-corrected chi connectivity index (χ1v) is 6.52. The van der Waals surface area contributed by atoms with Gasteiger partial charge in [0.15, 0.2) is 0 Å². The van der Waals surface area contributed by atoms with Crippen LogP contribution in [0.3, 0.4) is 0 Å². The molecule has 0 fully saturated rings. The summed E-state index contributed by atoms with van der Waals surface area (Å²) in [6.07, 6.45) is 0. The molecule has 2 nitrogen and oxygen atoms in total. The van der Waals surface area contributed by atoms with Crippen LogP contribution in [0.15, 0.2) is 40.2 Å². The lowest BCUT2D eigenvalue weighted by Gasteiger charge is -2.13. The number of ether oxygens (including phenoxy) is 1. The van der Waals surface area contributed by atoms with E-state index in [1.54, 1.807) is 18.4 Å². The summed E-state index contributed by atoms with van der Waals surface area (Å²) >= 11 is 5.18. The Labute approximate surface area is 107 Å². The van der Waals surface area contributed by atoms with E-state index in [9.17, 15) is 0 Å². The number of hydrogen-bond acceptors (Lipinski definition) is 3. The van der Waals surface area contributed by atoms with Gasteiger partial charge in [0, 0.05) is 9.35 Å². The third-order valence-electron chi connectivity index (χ3n) is 2.39. The molecule has 0 radical (unpaired) electrons. The molecule has 4 heteroatoms. The van der Waals surface area contributed by atoms with Crippen molar-refractivity contribution in [3.63, 3.8) is 0 Å². The second-order valence-electron chi connectivity index (χ2n) is 3.38. The molecular formula is C12H12BrNOS. The van der Waals surface area contributed by atoms with Gasteiger partial charge in [0.2, 0.25) is 0 Å². The highest BCUT2D eigenvalue weighted by atomic mass is 79.9. The maximum atomic E-state index is 6.21. The lowest BCUT2D eigenvalue weighted by atomic mass is 10.1. The largest absolute Gasteiger partial charge is 0.497 e. The molecule has 0 spiro atoms. The Morgan fingerprint density at radius 3 is 2.81 bits per heavy atom. The van der Waals surface area contributed by atoms with Gasteiger partial charge >= 0.3 is 0 Å². The molecule has 1 aromatic heterocycles. The van der Waals surface area contributed by atoms with Crippen LogP contribution in [-0.2, 0) is 0 Å². The number of halogens is 1. The maximum Gasteiger partial charge on any atom is 0.119 e. The second-order valence-corrected chi connectivity index (χ2v) is 5.21. The fourth-order valence-corrected chi connectivity index (χ4v) is 2.75. The zero-order valence-electron chi connectivity index (χ0n) is 8.81. The van der Waals surface area contributed by atoms with Gasteiger partial charge < -0.3 is 10.5 Å². The molecule has 0 saturated heterocycles. The van der Waals surface area contributed by atoms with Crippen LogP contribution in [-0.4, -0.2) is 7.11 Å². The summed E-state index contributed by atoms with van der Waals surface area (Å²) in [7, 11) is 1.66. The van der Waals surface area contributed by atoms with Gasteiger partial charge in [0.05, 0.1) is 13.2 Å². The highest BCUT2D eigenvalue weighted by Gasteiger charge is 2.13. The zero-order chi connectivity index (χ0) is 11.5. The summed E-state index contributed by atoms with van der Waals surface area (Å²) in [5.74, 6) is 0.824. The highest BCUT2D eigenvalue weighted by Crippen LogP contribution is 2.31.